The summed E-state index contributed by atoms with van der Waals surface area (Å²) < 4.78 is 7.35. The zero-order valence-corrected chi connectivity index (χ0v) is 40.9. The highest BCUT2D eigenvalue weighted by atomic mass is 16.5. The molecule has 362 valence electrons. The number of carbonyl (C=O) groups is 4. The van der Waals surface area contributed by atoms with Gasteiger partial charge in [-0.25, -0.2) is 0 Å². The van der Waals surface area contributed by atoms with Gasteiger partial charge in [-0.3, -0.25) is 24.6 Å². The number of hydrogen-bond acceptors (Lipinski definition) is 8. The Hall–Kier alpha value is -6.56. The van der Waals surface area contributed by atoms with Crippen LogP contribution < -0.4 is 26.0 Å². The van der Waals surface area contributed by atoms with Gasteiger partial charge in [-0.15, -0.1) is 0 Å². The Morgan fingerprint density at radius 3 is 1.94 bits per heavy atom. The molecule has 2 aliphatic carbocycles. The number of unbranched alkanes of at least 4 members (excludes halogenated alkanes) is 10. The van der Waals surface area contributed by atoms with E-state index in [1.165, 1.54) is 39.0 Å². The first kappa shape index (κ1) is 52.4. The molecule has 68 heavy (non-hydrogen) atoms. The van der Waals surface area contributed by atoms with Crippen LogP contribution in [0.15, 0.2) is 108 Å². The van der Waals surface area contributed by atoms with Gasteiger partial charge in [-0.2, -0.15) is 4.58 Å². The van der Waals surface area contributed by atoms with Gasteiger partial charge in [0.1, 0.15) is 13.2 Å². The maximum atomic E-state index is 14.5. The van der Waals surface area contributed by atoms with Crippen LogP contribution in [0.5, 0.6) is 0 Å². The zero-order valence-electron chi connectivity index (χ0n) is 40.9. The third kappa shape index (κ3) is 14.7. The Morgan fingerprint density at radius 1 is 0.706 bits per heavy atom. The Bertz CT molecular complexity index is 2390. The van der Waals surface area contributed by atoms with Gasteiger partial charge < -0.3 is 30.7 Å². The van der Waals surface area contributed by atoms with E-state index >= 15 is 0 Å². The lowest BCUT2D eigenvalue weighted by Crippen LogP contribution is -2.34. The topological polar surface area (TPSA) is 167 Å². The molecule has 0 radical (unpaired) electrons. The average Bonchev–Trinajstić information content (AvgIpc) is 3.32. The standard InChI is InChI=1S/C56H72N6O6/c1-6-10-12-14-16-18-34-61(43-26-22-41(23-27-43)38-68-39-57)45-30-32-47(49(36-45)59-51(64)20-8-3)53-55(66)54(56(53)67)48-33-31-46(37-50(48)60-52(65)21-9-4)62(35-19-17-15-13-11-7-2)44-28-24-42(25-29-44)58-40(5)63/h22-33,36-37,39,57H,6-21,34-35,38H2,1-5H3,(H3,58,59,60,63,64,65,66,67). The molecule has 4 N–H and O–H groups in total. The minimum absolute atomic E-state index is 0.0183. The smallest absolute Gasteiger partial charge is 0.224 e. The van der Waals surface area contributed by atoms with Crippen LogP contribution in [0, 0.1) is 5.41 Å². The average molecular weight is 925 g/mol. The molecule has 0 heterocycles. The van der Waals surface area contributed by atoms with Crippen molar-refractivity contribution in [2.45, 2.75) is 144 Å². The summed E-state index contributed by atoms with van der Waals surface area (Å²) >= 11 is 0. The van der Waals surface area contributed by atoms with E-state index in [4.69, 9.17) is 10.1 Å². The number of hydrogen-bond donors (Lipinski definition) is 4. The highest BCUT2D eigenvalue weighted by Crippen LogP contribution is 2.43. The summed E-state index contributed by atoms with van der Waals surface area (Å²) in [5.41, 5.74) is 6.40. The summed E-state index contributed by atoms with van der Waals surface area (Å²) in [4.78, 5) is 55.0. The first-order valence-electron chi connectivity index (χ1n) is 24.9. The zero-order chi connectivity index (χ0) is 48.8. The summed E-state index contributed by atoms with van der Waals surface area (Å²) in [6, 6.07) is 21.1. The largest absolute Gasteiger partial charge is 0.871 e. The Balaban J connectivity index is 1.58. The quantitative estimate of drug-likeness (QED) is 0.0185. The van der Waals surface area contributed by atoms with E-state index < -0.39 is 11.5 Å². The second-order valence-corrected chi connectivity index (χ2v) is 17.6. The predicted octanol–water partition coefficient (Wildman–Crippen LogP) is 11.5. The van der Waals surface area contributed by atoms with Crippen LogP contribution in [0.1, 0.15) is 148 Å². The lowest BCUT2D eigenvalue weighted by atomic mass is 9.78. The normalized spacial score (nSPS) is 15.1. The monoisotopic (exact) mass is 925 g/mol. The van der Waals surface area contributed by atoms with E-state index in [1.54, 1.807) is 12.1 Å². The first-order valence-corrected chi connectivity index (χ1v) is 24.9. The molecule has 3 aromatic carbocycles. The van der Waals surface area contributed by atoms with Crippen molar-refractivity contribution in [1.82, 2.24) is 5.32 Å². The summed E-state index contributed by atoms with van der Waals surface area (Å²) in [5.74, 6) is -1.53. The van der Waals surface area contributed by atoms with Crippen molar-refractivity contribution in [2.75, 3.05) is 28.6 Å². The van der Waals surface area contributed by atoms with Gasteiger partial charge in [0.2, 0.25) is 29.1 Å². The highest BCUT2D eigenvalue weighted by Gasteiger charge is 2.35. The van der Waals surface area contributed by atoms with Gasteiger partial charge in [0.25, 0.3) is 0 Å². The lowest BCUT2D eigenvalue weighted by molar-refractivity contribution is -0.439. The predicted molar refractivity (Wildman–Crippen MR) is 274 cm³/mol. The second kappa shape index (κ2) is 27.3. The summed E-state index contributed by atoms with van der Waals surface area (Å²) in [6.45, 7) is 11.4. The highest BCUT2D eigenvalue weighted by molar-refractivity contribution is 6.40. The summed E-state index contributed by atoms with van der Waals surface area (Å²) in [5, 5.41) is 30.6. The molecule has 0 saturated heterocycles. The van der Waals surface area contributed by atoms with E-state index in [1.807, 2.05) is 86.7 Å². The van der Waals surface area contributed by atoms with E-state index in [0.29, 0.717) is 54.1 Å². The van der Waals surface area contributed by atoms with E-state index in [0.717, 1.165) is 79.7 Å². The van der Waals surface area contributed by atoms with Crippen LogP contribution in [0.25, 0.3) is 5.57 Å². The van der Waals surface area contributed by atoms with E-state index in [2.05, 4.69) is 39.3 Å². The Labute approximate surface area is 403 Å². The molecule has 3 amide bonds. The number of anilines is 4. The van der Waals surface area contributed by atoms with Crippen molar-refractivity contribution >= 4 is 69.6 Å². The third-order valence-electron chi connectivity index (χ3n) is 12.1. The van der Waals surface area contributed by atoms with Crippen molar-refractivity contribution < 1.29 is 33.6 Å². The van der Waals surface area contributed by atoms with E-state index in [9.17, 15) is 24.3 Å². The number of Topliss-reactive ketones (excluding diaryl/α,β-unsaturated/α-hetero) is 1. The van der Waals surface area contributed by atoms with Crippen LogP contribution in [0.3, 0.4) is 0 Å². The fraction of sp³-hybridized carbons (Fsp3) is 0.429. The molecule has 12 nitrogen and oxygen atoms in total. The minimum Gasteiger partial charge on any atom is -0.871 e. The lowest BCUT2D eigenvalue weighted by Gasteiger charge is -2.34. The Morgan fingerprint density at radius 2 is 1.32 bits per heavy atom. The number of ether oxygens (including phenoxy) is 1. The SMILES string of the molecule is CCCCCCCCN(c1ccc(COC=N)cc1)c1ccc(C2=C([O-])/C(=C3\C=CC(=[N+](CCCCCCCC)c4ccc(NC(C)=O)cc4)C=C3NC(=O)CCC)C2=O)c(NC(=O)CCC)c1. The maximum Gasteiger partial charge on any atom is 0.224 e. The molecule has 2 aliphatic rings. The molecule has 0 aliphatic heterocycles. The number of carbonyl (C=O) groups excluding carboxylic acids is 4. The van der Waals surface area contributed by atoms with Gasteiger partial charge in [-0.05, 0) is 73.7 Å². The van der Waals surface area contributed by atoms with Gasteiger partial charge in [0.15, 0.2) is 12.2 Å². The molecule has 0 fully saturated rings. The second-order valence-electron chi connectivity index (χ2n) is 17.6. The number of ketones is 1. The van der Waals surface area contributed by atoms with Crippen LogP contribution in [0.2, 0.25) is 0 Å². The summed E-state index contributed by atoms with van der Waals surface area (Å²) in [7, 11) is 0. The third-order valence-corrected chi connectivity index (χ3v) is 12.1. The molecule has 3 aromatic rings. The molecule has 0 atom stereocenters. The van der Waals surface area contributed by atoms with Gasteiger partial charge >= 0.3 is 0 Å². The fourth-order valence-electron chi connectivity index (χ4n) is 8.56. The van der Waals surface area contributed by atoms with Crippen molar-refractivity contribution in [3.63, 3.8) is 0 Å². The molecule has 0 aromatic heterocycles. The number of benzene rings is 3. The molecular formula is C56H72N6O6. The van der Waals surface area contributed by atoms with Crippen LogP contribution in [0.4, 0.5) is 28.4 Å². The van der Waals surface area contributed by atoms with Gasteiger partial charge in [0.05, 0.1) is 11.4 Å². The number of amides is 3. The van der Waals surface area contributed by atoms with Gasteiger partial charge in [-0.1, -0.05) is 109 Å². The van der Waals surface area contributed by atoms with Crippen LogP contribution in [-0.2, 0) is 30.5 Å². The minimum atomic E-state index is -0.461. The molecule has 0 bridgehead atoms. The Kier molecular flexibility index (Phi) is 21.0. The fourth-order valence-corrected chi connectivity index (χ4v) is 8.56. The maximum absolute atomic E-state index is 14.5. The number of rotatable bonds is 28. The van der Waals surface area contributed by atoms with Crippen LogP contribution >= 0.6 is 0 Å². The molecule has 5 rings (SSSR count). The number of nitrogens with one attached hydrogen (secondary N) is 4. The molecule has 0 spiro atoms. The molecule has 0 unspecified atom stereocenters. The van der Waals surface area contributed by atoms with Gasteiger partial charge in [0, 0.05) is 96.4 Å². The van der Waals surface area contributed by atoms with Crippen LogP contribution in [-0.4, -0.2) is 53.3 Å². The van der Waals surface area contributed by atoms with Crippen molar-refractivity contribution in [3.8, 4) is 0 Å². The number of nitrogens with zero attached hydrogens (tertiary/aromatic N) is 2. The summed E-state index contributed by atoms with van der Waals surface area (Å²) in [6.07, 6.45) is 21.5. The number of allylic oxidation sites excluding steroid dienone is 5. The molecule has 0 saturated carbocycles. The van der Waals surface area contributed by atoms with E-state index in [-0.39, 0.29) is 48.3 Å². The van der Waals surface area contributed by atoms with Crippen molar-refractivity contribution in [2.24, 2.45) is 0 Å². The van der Waals surface area contributed by atoms with Crippen molar-refractivity contribution in [1.29, 1.82) is 5.41 Å². The van der Waals surface area contributed by atoms with Crippen molar-refractivity contribution in [3.05, 3.63) is 119 Å². The molecular weight excluding hydrogens is 853 g/mol. The molecule has 12 heteroatoms. The first-order chi connectivity index (χ1) is 33.0.